The summed E-state index contributed by atoms with van der Waals surface area (Å²) in [6, 6.07) is 19.1. The maximum Gasteiger partial charge on any atom is 0.265 e. The number of hydrogen-bond acceptors (Lipinski definition) is 5. The van der Waals surface area contributed by atoms with Crippen LogP contribution < -0.4 is 9.47 Å². The maximum atomic E-state index is 11.2. The molecule has 0 fully saturated rings. The Morgan fingerprint density at radius 2 is 1.94 bits per heavy atom. The van der Waals surface area contributed by atoms with Crippen molar-refractivity contribution in [1.29, 1.82) is 0 Å². The molecule has 4 aromatic rings. The molecule has 0 saturated heterocycles. The molecule has 0 spiro atoms. The zero-order chi connectivity index (χ0) is 22.5. The predicted octanol–water partition coefficient (Wildman–Crippen LogP) is 5.38. The molecule has 1 aliphatic rings. The Balaban J connectivity index is 1.57. The highest BCUT2D eigenvalue weighted by molar-refractivity contribution is 8.03. The van der Waals surface area contributed by atoms with Crippen molar-refractivity contribution in [1.82, 2.24) is 0 Å². The number of benzene rings is 3. The minimum atomic E-state index is -3.98. The fourth-order valence-electron chi connectivity index (χ4n) is 4.14. The summed E-state index contributed by atoms with van der Waals surface area (Å²) in [5, 5.41) is 4.64. The van der Waals surface area contributed by atoms with Crippen molar-refractivity contribution in [3.63, 3.8) is 0 Å². The molecule has 1 aliphatic heterocycles. The fraction of sp³-hybridized carbons (Fsp3) is 0.208. The first-order chi connectivity index (χ1) is 15.3. The smallest absolute Gasteiger partial charge is 0.265 e. The molecule has 0 bridgehead atoms. The van der Waals surface area contributed by atoms with Crippen LogP contribution in [0.1, 0.15) is 17.0 Å². The molecule has 0 saturated carbocycles. The van der Waals surface area contributed by atoms with Crippen LogP contribution in [-0.4, -0.2) is 25.3 Å². The number of aryl methyl sites for hydroxylation is 2. The van der Waals surface area contributed by atoms with Gasteiger partial charge in [0, 0.05) is 11.4 Å². The Hall–Kier alpha value is -2.39. The number of aromatic nitrogens is 1. The van der Waals surface area contributed by atoms with E-state index in [0.717, 1.165) is 26.2 Å². The van der Waals surface area contributed by atoms with Gasteiger partial charge in [0.05, 0.1) is 27.9 Å². The van der Waals surface area contributed by atoms with E-state index < -0.39 is 10.1 Å². The van der Waals surface area contributed by atoms with Gasteiger partial charge in [0.1, 0.15) is 11.7 Å². The quantitative estimate of drug-likeness (QED) is 0.305. The number of rotatable bonds is 5. The molecular formula is C24H23N2O3S3+. The van der Waals surface area contributed by atoms with Crippen LogP contribution in [0.4, 0.5) is 5.69 Å². The molecule has 5 rings (SSSR count). The largest absolute Gasteiger partial charge is 0.335 e. The van der Waals surface area contributed by atoms with E-state index in [9.17, 15) is 8.42 Å². The van der Waals surface area contributed by atoms with E-state index in [-0.39, 0.29) is 5.75 Å². The van der Waals surface area contributed by atoms with E-state index in [1.54, 1.807) is 23.1 Å². The molecule has 8 heteroatoms. The van der Waals surface area contributed by atoms with Crippen molar-refractivity contribution < 1.29 is 17.5 Å². The second-order valence-electron chi connectivity index (χ2n) is 7.98. The van der Waals surface area contributed by atoms with Crippen LogP contribution in [0.2, 0.25) is 0 Å². The van der Waals surface area contributed by atoms with Gasteiger partial charge in [-0.1, -0.05) is 53.4 Å². The molecule has 3 aromatic carbocycles. The van der Waals surface area contributed by atoms with Gasteiger partial charge < -0.3 is 4.90 Å². The summed E-state index contributed by atoms with van der Waals surface area (Å²) in [6.45, 7) is 2.58. The van der Waals surface area contributed by atoms with Crippen LogP contribution in [0, 0.1) is 6.92 Å². The average molecular weight is 484 g/mol. The van der Waals surface area contributed by atoms with E-state index in [1.807, 2.05) is 0 Å². The molecule has 0 unspecified atom stereocenters. The number of thioether (sulfide) groups is 1. The molecule has 0 radical (unpaired) electrons. The molecule has 0 amide bonds. The van der Waals surface area contributed by atoms with Gasteiger partial charge in [-0.2, -0.15) is 13.0 Å². The minimum Gasteiger partial charge on any atom is -0.335 e. The van der Waals surface area contributed by atoms with Gasteiger partial charge in [0.25, 0.3) is 15.1 Å². The third-order valence-corrected chi connectivity index (χ3v) is 8.73. The highest BCUT2D eigenvalue weighted by Crippen LogP contribution is 2.47. The van der Waals surface area contributed by atoms with E-state index in [4.69, 9.17) is 4.55 Å². The van der Waals surface area contributed by atoms with Crippen LogP contribution >= 0.6 is 23.1 Å². The van der Waals surface area contributed by atoms with Gasteiger partial charge in [0.15, 0.2) is 0 Å². The number of nitrogens with zero attached hydrogens (tertiary/aromatic N) is 2. The van der Waals surface area contributed by atoms with E-state index >= 15 is 0 Å². The van der Waals surface area contributed by atoms with Crippen molar-refractivity contribution >= 4 is 66.0 Å². The topological polar surface area (TPSA) is 61.5 Å². The average Bonchev–Trinajstić information content (AvgIpc) is 3.25. The Bertz CT molecular complexity index is 1490. The Labute approximate surface area is 195 Å². The zero-order valence-electron chi connectivity index (χ0n) is 17.8. The first-order valence-corrected chi connectivity index (χ1v) is 13.6. The van der Waals surface area contributed by atoms with E-state index in [1.165, 1.54) is 21.0 Å². The molecule has 2 heterocycles. The molecular weight excluding hydrogens is 460 g/mol. The standard InChI is InChI=1S/C24H22N2O3S3/c1-16-8-10-20-19(14-16)26(12-5-13-32(27,28)29)23(30-20)15-22-25(2)24-18-7-4-3-6-17(18)9-11-21(24)31-22/h3-4,6-11,14-15H,5,12-13H2,1-2H3/p+1. The number of fused-ring (bicyclic) bond motifs is 4. The van der Waals surface area contributed by atoms with Gasteiger partial charge in [0.2, 0.25) is 5.52 Å². The lowest BCUT2D eigenvalue weighted by Crippen LogP contribution is -2.30. The zero-order valence-corrected chi connectivity index (χ0v) is 20.2. The first-order valence-electron chi connectivity index (χ1n) is 10.3. The Morgan fingerprint density at radius 3 is 2.75 bits per heavy atom. The van der Waals surface area contributed by atoms with Crippen molar-refractivity contribution in [2.24, 2.45) is 7.05 Å². The van der Waals surface area contributed by atoms with Crippen LogP contribution in [0.25, 0.3) is 27.1 Å². The minimum absolute atomic E-state index is 0.245. The number of anilines is 1. The lowest BCUT2D eigenvalue weighted by atomic mass is 10.1. The second-order valence-corrected chi connectivity index (χ2v) is 11.7. The van der Waals surface area contributed by atoms with Crippen molar-refractivity contribution in [3.05, 3.63) is 70.2 Å². The molecule has 5 nitrogen and oxygen atoms in total. The monoisotopic (exact) mass is 483 g/mol. The van der Waals surface area contributed by atoms with E-state index in [2.05, 4.69) is 84.1 Å². The molecule has 1 N–H and O–H groups in total. The lowest BCUT2D eigenvalue weighted by Gasteiger charge is -2.20. The number of thiazole rings is 1. The normalized spacial score (nSPS) is 15.2. The molecule has 32 heavy (non-hydrogen) atoms. The summed E-state index contributed by atoms with van der Waals surface area (Å²) in [5.41, 5.74) is 3.46. The molecule has 0 aliphatic carbocycles. The van der Waals surface area contributed by atoms with Gasteiger partial charge in [-0.25, -0.2) is 0 Å². The van der Waals surface area contributed by atoms with Crippen LogP contribution in [0.5, 0.6) is 0 Å². The summed E-state index contributed by atoms with van der Waals surface area (Å²) in [5.74, 6) is -0.245. The predicted molar refractivity (Wildman–Crippen MR) is 134 cm³/mol. The van der Waals surface area contributed by atoms with Gasteiger partial charge in [-0.3, -0.25) is 4.55 Å². The highest BCUT2D eigenvalue weighted by Gasteiger charge is 2.28. The second kappa shape index (κ2) is 8.19. The number of hydrogen-bond donors (Lipinski definition) is 1. The van der Waals surface area contributed by atoms with Crippen LogP contribution in [0.3, 0.4) is 0 Å². The molecule has 0 atom stereocenters. The third kappa shape index (κ3) is 4.03. The summed E-state index contributed by atoms with van der Waals surface area (Å²) >= 11 is 3.44. The van der Waals surface area contributed by atoms with Gasteiger partial charge in [-0.05, 0) is 48.6 Å². The van der Waals surface area contributed by atoms with E-state index in [0.29, 0.717) is 13.0 Å². The van der Waals surface area contributed by atoms with Crippen molar-refractivity contribution in [2.45, 2.75) is 18.2 Å². The Morgan fingerprint density at radius 1 is 1.12 bits per heavy atom. The van der Waals surface area contributed by atoms with Crippen LogP contribution in [0.15, 0.2) is 64.5 Å². The van der Waals surface area contributed by atoms with Crippen LogP contribution in [-0.2, 0) is 17.2 Å². The summed E-state index contributed by atoms with van der Waals surface area (Å²) in [4.78, 5) is 3.32. The lowest BCUT2D eigenvalue weighted by molar-refractivity contribution is -0.641. The highest BCUT2D eigenvalue weighted by atomic mass is 32.2. The fourth-order valence-corrected chi connectivity index (χ4v) is 6.92. The van der Waals surface area contributed by atoms with Crippen molar-refractivity contribution in [3.8, 4) is 0 Å². The maximum absolute atomic E-state index is 11.2. The van der Waals surface area contributed by atoms with Crippen molar-refractivity contribution in [2.75, 3.05) is 17.2 Å². The van der Waals surface area contributed by atoms with Gasteiger partial charge >= 0.3 is 0 Å². The SMILES string of the molecule is Cc1ccc2c(c1)N(CCCS(=O)(=O)O)C(=Cc1sc3ccc4ccccc4c3[n+]1C)S2. The first kappa shape index (κ1) is 21.5. The summed E-state index contributed by atoms with van der Waals surface area (Å²) in [7, 11) is -1.88. The Kier molecular flexibility index (Phi) is 5.49. The summed E-state index contributed by atoms with van der Waals surface area (Å²) < 4.78 is 35.1. The molecule has 1 aromatic heterocycles. The molecule has 164 valence electrons. The third-order valence-electron chi connectivity index (χ3n) is 5.66. The summed E-state index contributed by atoms with van der Waals surface area (Å²) in [6.07, 6.45) is 2.54. The van der Waals surface area contributed by atoms with Gasteiger partial charge in [-0.15, -0.1) is 0 Å².